The first-order valence-electron chi connectivity index (χ1n) is 5.34. The Labute approximate surface area is 112 Å². The van der Waals surface area contributed by atoms with Crippen LogP contribution in [0.5, 0.6) is 0 Å². The average molecular weight is 360 g/mol. The van der Waals surface area contributed by atoms with Gasteiger partial charge in [0.25, 0.3) is 0 Å². The fourth-order valence-electron chi connectivity index (χ4n) is 1.42. The van der Waals surface area contributed by atoms with Gasteiger partial charge in [-0.1, -0.05) is 0 Å². The number of hydrogen-bond donors (Lipinski definition) is 3. The third-order valence-electron chi connectivity index (χ3n) is 2.18. The summed E-state index contributed by atoms with van der Waals surface area (Å²) in [6.07, 6.45) is 3.51. The molecule has 0 saturated heterocycles. The monoisotopic (exact) mass is 360 g/mol. The van der Waals surface area contributed by atoms with E-state index in [0.29, 0.717) is 5.76 Å². The molecular weight excluding hydrogens is 344 g/mol. The van der Waals surface area contributed by atoms with Gasteiger partial charge in [-0.25, -0.2) is 0 Å². The van der Waals surface area contributed by atoms with Crippen molar-refractivity contribution in [1.82, 2.24) is 5.32 Å². The van der Waals surface area contributed by atoms with Gasteiger partial charge in [0, 0.05) is 0 Å². The first-order valence-corrected chi connectivity index (χ1v) is 10.7. The van der Waals surface area contributed by atoms with Crippen molar-refractivity contribution in [3.05, 3.63) is 31.7 Å². The van der Waals surface area contributed by atoms with E-state index >= 15 is 0 Å². The van der Waals surface area contributed by atoms with Crippen LogP contribution in [0, 0.1) is 0 Å². The van der Waals surface area contributed by atoms with Crippen LogP contribution in [0.25, 0.3) is 0 Å². The summed E-state index contributed by atoms with van der Waals surface area (Å²) < 4.78 is 19.4. The quantitative estimate of drug-likeness (QED) is 0.343. The fraction of sp³-hybridized carbons (Fsp3) is 0.400. The summed E-state index contributed by atoms with van der Waals surface area (Å²) in [6.45, 7) is 5.28. The fourth-order valence-corrected chi connectivity index (χ4v) is 5.36. The third kappa shape index (κ3) is 6.48. The maximum atomic E-state index is 10.7. The minimum atomic E-state index is -4.41. The van der Waals surface area contributed by atoms with Crippen LogP contribution < -0.4 is 5.32 Å². The molecule has 3 N–H and O–H groups in total. The predicted molar refractivity (Wildman–Crippen MR) is 67.3 cm³/mol. The second-order valence-corrected chi connectivity index (χ2v) is 7.74. The van der Waals surface area contributed by atoms with E-state index in [1.807, 2.05) is 9.91 Å². The second kappa shape index (κ2) is 7.44. The van der Waals surface area contributed by atoms with Gasteiger partial charge in [-0.15, -0.1) is 0 Å². The molecule has 0 bridgehead atoms. The molecule has 0 unspecified atom stereocenters. The van der Waals surface area contributed by atoms with Crippen molar-refractivity contribution in [3.63, 3.8) is 0 Å². The van der Waals surface area contributed by atoms with Gasteiger partial charge in [-0.2, -0.15) is 0 Å². The van der Waals surface area contributed by atoms with Crippen LogP contribution >= 0.6 is 7.82 Å². The third-order valence-corrected chi connectivity index (χ3v) is 5.72. The summed E-state index contributed by atoms with van der Waals surface area (Å²) in [4.78, 5) is 17.5. The number of nitrogens with one attached hydrogen (secondary N) is 1. The van der Waals surface area contributed by atoms with E-state index in [2.05, 4.69) is 20.3 Å². The van der Waals surface area contributed by atoms with Crippen LogP contribution in [-0.2, 0) is 9.09 Å². The molecule has 1 aliphatic heterocycles. The zero-order valence-electron chi connectivity index (χ0n) is 9.50. The van der Waals surface area contributed by atoms with Gasteiger partial charge in [0.1, 0.15) is 0 Å². The Morgan fingerprint density at radius 2 is 2.24 bits per heavy atom. The average Bonchev–Trinajstić information content (AvgIpc) is 2.63. The summed E-state index contributed by atoms with van der Waals surface area (Å²) >= 11 is -0.929. The summed E-state index contributed by atoms with van der Waals surface area (Å²) in [6, 6.07) is 0. The molecule has 0 atom stereocenters. The molecule has 1 rings (SSSR count). The van der Waals surface area contributed by atoms with Gasteiger partial charge in [-0.05, 0) is 0 Å². The zero-order valence-corrected chi connectivity index (χ0v) is 13.7. The van der Waals surface area contributed by atoms with Crippen LogP contribution in [0.15, 0.2) is 31.7 Å². The van der Waals surface area contributed by atoms with Crippen molar-refractivity contribution in [2.45, 2.75) is 12.8 Å². The number of phosphoric acid groups is 1. The molecule has 0 amide bonds. The molecule has 0 saturated carbocycles. The molecule has 0 aromatic rings. The normalized spacial score (nSPS) is 14.9. The predicted octanol–water partition coefficient (Wildman–Crippen LogP) is 1.09. The molecule has 1 aliphatic rings. The molecule has 5 nitrogen and oxygen atoms in total. The molecule has 0 spiro atoms. The summed E-state index contributed by atoms with van der Waals surface area (Å²) in [5.74, 6) is 0.394. The van der Waals surface area contributed by atoms with E-state index in [9.17, 15) is 4.57 Å². The number of hydrogen-bond acceptors (Lipinski definition) is 3. The molecule has 0 aromatic heterocycles. The van der Waals surface area contributed by atoms with Gasteiger partial charge in [0.15, 0.2) is 0 Å². The SMILES string of the molecule is C=CCCNCCC1=[CH][In][CH]=C1OP(=O)(O)O. The van der Waals surface area contributed by atoms with Gasteiger partial charge >= 0.3 is 113 Å². The van der Waals surface area contributed by atoms with Gasteiger partial charge in [0.2, 0.25) is 0 Å². The van der Waals surface area contributed by atoms with E-state index in [4.69, 9.17) is 9.79 Å². The van der Waals surface area contributed by atoms with Gasteiger partial charge in [0.05, 0.1) is 0 Å². The maximum absolute atomic E-state index is 10.7. The number of phosphoric ester groups is 1. The van der Waals surface area contributed by atoms with Crippen LogP contribution in [0.4, 0.5) is 0 Å². The van der Waals surface area contributed by atoms with Crippen molar-refractivity contribution >= 4 is 30.7 Å². The Kier molecular flexibility index (Phi) is 6.59. The summed E-state index contributed by atoms with van der Waals surface area (Å²) in [5.41, 5.74) is 0.931. The van der Waals surface area contributed by atoms with Crippen LogP contribution in [-0.4, -0.2) is 45.8 Å². The first kappa shape index (κ1) is 15.1. The van der Waals surface area contributed by atoms with Crippen LogP contribution in [0.3, 0.4) is 0 Å². The topological polar surface area (TPSA) is 78.8 Å². The number of rotatable bonds is 8. The summed E-state index contributed by atoms with van der Waals surface area (Å²) in [7, 11) is -4.41. The summed E-state index contributed by atoms with van der Waals surface area (Å²) in [5, 5.41) is 3.23. The molecule has 1 heterocycles. The zero-order chi connectivity index (χ0) is 12.7. The Hall–Kier alpha value is 0.000130. The van der Waals surface area contributed by atoms with E-state index in [0.717, 1.165) is 31.5 Å². The second-order valence-electron chi connectivity index (χ2n) is 3.57. The van der Waals surface area contributed by atoms with E-state index in [1.54, 1.807) is 0 Å². The van der Waals surface area contributed by atoms with E-state index < -0.39 is 30.7 Å². The molecular formula is C10H16InNO4P. The first-order chi connectivity index (χ1) is 8.03. The van der Waals surface area contributed by atoms with E-state index in [-0.39, 0.29) is 0 Å². The van der Waals surface area contributed by atoms with Crippen molar-refractivity contribution < 1.29 is 18.9 Å². The number of allylic oxidation sites excluding steroid dienone is 1. The van der Waals surface area contributed by atoms with Crippen molar-refractivity contribution in [1.29, 1.82) is 0 Å². The van der Waals surface area contributed by atoms with E-state index in [1.165, 1.54) is 0 Å². The standard InChI is InChI=1S/C10H16NO4P.In/c1-4-5-7-11-8-6-9(2)10(3)15-16(12,13)14;/h2-4,11H,1,5-8H2,(H2,12,13,14);. The molecule has 0 aromatic carbocycles. The molecule has 17 heavy (non-hydrogen) atoms. The van der Waals surface area contributed by atoms with Crippen molar-refractivity contribution in [3.8, 4) is 0 Å². The molecule has 0 fully saturated rings. The molecule has 7 heteroatoms. The van der Waals surface area contributed by atoms with Crippen molar-refractivity contribution in [2.24, 2.45) is 0 Å². The Bertz CT molecular complexity index is 375. The van der Waals surface area contributed by atoms with Crippen LogP contribution in [0.1, 0.15) is 12.8 Å². The van der Waals surface area contributed by atoms with Gasteiger partial charge < -0.3 is 0 Å². The van der Waals surface area contributed by atoms with Gasteiger partial charge in [-0.3, -0.25) is 0 Å². The molecule has 0 aliphatic carbocycles. The Morgan fingerprint density at radius 1 is 1.47 bits per heavy atom. The van der Waals surface area contributed by atoms with Crippen molar-refractivity contribution in [2.75, 3.05) is 13.1 Å². The molecule has 93 valence electrons. The van der Waals surface area contributed by atoms with Crippen LogP contribution in [0.2, 0.25) is 0 Å². The Balaban J connectivity index is 2.31. The Morgan fingerprint density at radius 3 is 2.88 bits per heavy atom. The molecule has 1 radical (unpaired) electrons. The minimum absolute atomic E-state index is 0.394.